The molecule has 0 saturated heterocycles. The predicted molar refractivity (Wildman–Crippen MR) is 82.5 cm³/mol. The van der Waals surface area contributed by atoms with Crippen LogP contribution in [0.1, 0.15) is 46.0 Å². The summed E-state index contributed by atoms with van der Waals surface area (Å²) in [5.41, 5.74) is 0. The quantitative estimate of drug-likeness (QED) is 0.494. The molecule has 19 heavy (non-hydrogen) atoms. The van der Waals surface area contributed by atoms with Crippen LogP contribution in [0.25, 0.3) is 0 Å². The summed E-state index contributed by atoms with van der Waals surface area (Å²) >= 11 is 1.88. The minimum Gasteiger partial charge on any atom is -0.379 e. The van der Waals surface area contributed by atoms with Gasteiger partial charge in [-0.05, 0) is 26.2 Å². The zero-order chi connectivity index (χ0) is 14.1. The highest BCUT2D eigenvalue weighted by Gasteiger charge is 2.23. The summed E-state index contributed by atoms with van der Waals surface area (Å²) in [5, 5.41) is 3.96. The van der Waals surface area contributed by atoms with Crippen LogP contribution in [-0.2, 0) is 14.1 Å². The monoisotopic (exact) mass is 307 g/mol. The third-order valence-electron chi connectivity index (χ3n) is 3.23. The molecule has 3 unspecified atom stereocenters. The number of rotatable bonds is 10. The van der Waals surface area contributed by atoms with Crippen LogP contribution in [0.2, 0.25) is 0 Å². The van der Waals surface area contributed by atoms with Crippen LogP contribution in [0.5, 0.6) is 0 Å². The summed E-state index contributed by atoms with van der Waals surface area (Å²) < 4.78 is 11.3. The number of methoxy groups -OCH3 is 1. The van der Waals surface area contributed by atoms with Gasteiger partial charge in [0.25, 0.3) is 0 Å². The lowest BCUT2D eigenvalue weighted by molar-refractivity contribution is -0.108. The van der Waals surface area contributed by atoms with E-state index in [0.29, 0.717) is 11.9 Å². The molecule has 1 rings (SSSR count). The average Bonchev–Trinajstić information content (AvgIpc) is 2.92. The second kappa shape index (κ2) is 10.1. The Labute approximate surface area is 122 Å². The maximum atomic E-state index is 10.8. The van der Waals surface area contributed by atoms with Crippen LogP contribution < -0.4 is 5.09 Å². The van der Waals surface area contributed by atoms with Gasteiger partial charge in [0.2, 0.25) is 0 Å². The number of carbonyl (C=O) groups is 1. The molecule has 0 spiro atoms. The van der Waals surface area contributed by atoms with E-state index < -0.39 is 7.50 Å². The molecule has 1 N–H and O–H groups in total. The second-order valence-corrected chi connectivity index (χ2v) is 8.42. The Kier molecular flexibility index (Phi) is 9.25. The van der Waals surface area contributed by atoms with E-state index in [0.717, 1.165) is 12.7 Å². The van der Waals surface area contributed by atoms with Crippen molar-refractivity contribution in [1.82, 2.24) is 5.09 Å². The lowest BCUT2D eigenvalue weighted by atomic mass is 10.3. The first-order valence-electron chi connectivity index (χ1n) is 7.03. The zero-order valence-corrected chi connectivity index (χ0v) is 13.8. The normalized spacial score (nSPS) is 21.2. The molecular weight excluding hydrogens is 281 g/mol. The summed E-state index contributed by atoms with van der Waals surface area (Å²) in [4.78, 5) is 10.8. The number of carbonyl (C=O) groups excluding carboxylic acids is 1. The Bertz CT molecular complexity index is 248. The molecule has 6 heteroatoms. The van der Waals surface area contributed by atoms with Gasteiger partial charge in [-0.25, -0.2) is 0 Å². The van der Waals surface area contributed by atoms with Gasteiger partial charge < -0.3 is 14.1 Å². The van der Waals surface area contributed by atoms with Gasteiger partial charge in [0.1, 0.15) is 6.29 Å². The Balaban J connectivity index is 2.40. The van der Waals surface area contributed by atoms with Crippen molar-refractivity contribution in [2.45, 2.75) is 63.3 Å². The van der Waals surface area contributed by atoms with Gasteiger partial charge in [-0.2, -0.15) is 0 Å². The van der Waals surface area contributed by atoms with Crippen molar-refractivity contribution in [3.05, 3.63) is 0 Å². The molecule has 3 atom stereocenters. The first-order valence-corrected chi connectivity index (χ1v) is 9.78. The van der Waals surface area contributed by atoms with Gasteiger partial charge in [0.15, 0.2) is 7.50 Å². The molecule has 0 aromatic rings. The number of nitrogens with one attached hydrogen (secondary N) is 1. The van der Waals surface area contributed by atoms with Crippen LogP contribution in [0.3, 0.4) is 0 Å². The topological polar surface area (TPSA) is 47.6 Å². The smallest absolute Gasteiger partial charge is 0.167 e. The highest BCUT2D eigenvalue weighted by atomic mass is 32.7. The molecule has 1 fully saturated rings. The molecule has 0 heterocycles. The molecule has 1 saturated carbocycles. The van der Waals surface area contributed by atoms with Gasteiger partial charge in [0.05, 0.1) is 18.8 Å². The molecule has 0 radical (unpaired) electrons. The van der Waals surface area contributed by atoms with Gasteiger partial charge >= 0.3 is 0 Å². The standard InChI is InChI=1S/C13H26NO3PS/c1-4-12(16-3)10-17-18(14-11(2)9-15)19-13-7-5-6-8-13/h9,11-14H,4-8,10H2,1-3H3. The van der Waals surface area contributed by atoms with Crippen molar-refractivity contribution >= 4 is 25.2 Å². The third kappa shape index (κ3) is 7.05. The van der Waals surface area contributed by atoms with Crippen LogP contribution >= 0.6 is 18.9 Å². The molecule has 4 nitrogen and oxygen atoms in total. The minimum atomic E-state index is -0.805. The largest absolute Gasteiger partial charge is 0.379 e. The van der Waals surface area contributed by atoms with Gasteiger partial charge in [0, 0.05) is 12.4 Å². The fourth-order valence-corrected chi connectivity index (χ4v) is 6.12. The summed E-state index contributed by atoms with van der Waals surface area (Å²) in [6.45, 7) is 4.55. The Morgan fingerprint density at radius 3 is 2.68 bits per heavy atom. The van der Waals surface area contributed by atoms with E-state index in [2.05, 4.69) is 12.0 Å². The minimum absolute atomic E-state index is 0.141. The Morgan fingerprint density at radius 2 is 2.16 bits per heavy atom. The number of hydrogen-bond acceptors (Lipinski definition) is 5. The van der Waals surface area contributed by atoms with E-state index in [1.54, 1.807) is 7.11 Å². The second-order valence-electron chi connectivity index (χ2n) is 4.88. The maximum Gasteiger partial charge on any atom is 0.167 e. The lowest BCUT2D eigenvalue weighted by Crippen LogP contribution is -2.24. The molecule has 0 aliphatic heterocycles. The van der Waals surface area contributed by atoms with E-state index in [4.69, 9.17) is 9.26 Å². The molecule has 1 aliphatic rings. The fraction of sp³-hybridized carbons (Fsp3) is 0.923. The van der Waals surface area contributed by atoms with E-state index >= 15 is 0 Å². The van der Waals surface area contributed by atoms with Crippen LogP contribution in [-0.4, -0.2) is 37.4 Å². The Morgan fingerprint density at radius 1 is 1.47 bits per heavy atom. The molecule has 0 bridgehead atoms. The highest BCUT2D eigenvalue weighted by molar-refractivity contribution is 8.54. The van der Waals surface area contributed by atoms with Crippen molar-refractivity contribution in [2.75, 3.05) is 13.7 Å². The first kappa shape index (κ1) is 17.4. The summed E-state index contributed by atoms with van der Waals surface area (Å²) in [6.07, 6.45) is 7.19. The van der Waals surface area contributed by atoms with Crippen molar-refractivity contribution in [3.8, 4) is 0 Å². The Hall–Kier alpha value is 0.330. The lowest BCUT2D eigenvalue weighted by Gasteiger charge is -2.24. The van der Waals surface area contributed by atoms with E-state index in [1.165, 1.54) is 25.7 Å². The zero-order valence-electron chi connectivity index (χ0n) is 12.1. The molecule has 0 amide bonds. The molecule has 1 aliphatic carbocycles. The molecule has 0 aromatic heterocycles. The third-order valence-corrected chi connectivity index (χ3v) is 7.29. The van der Waals surface area contributed by atoms with E-state index in [-0.39, 0.29) is 12.1 Å². The summed E-state index contributed by atoms with van der Waals surface area (Å²) in [6, 6.07) is -0.150. The highest BCUT2D eigenvalue weighted by Crippen LogP contribution is 2.53. The predicted octanol–water partition coefficient (Wildman–Crippen LogP) is 3.51. The van der Waals surface area contributed by atoms with Gasteiger partial charge in [-0.15, -0.1) is 0 Å². The van der Waals surface area contributed by atoms with Crippen LogP contribution in [0.4, 0.5) is 0 Å². The average molecular weight is 307 g/mol. The first-order chi connectivity index (χ1) is 9.19. The van der Waals surface area contributed by atoms with E-state index in [1.807, 2.05) is 18.3 Å². The number of ether oxygens (including phenoxy) is 1. The van der Waals surface area contributed by atoms with Crippen molar-refractivity contribution in [1.29, 1.82) is 0 Å². The van der Waals surface area contributed by atoms with Gasteiger partial charge in [-0.3, -0.25) is 5.09 Å². The number of aldehydes is 1. The van der Waals surface area contributed by atoms with Crippen molar-refractivity contribution < 1.29 is 14.1 Å². The summed E-state index contributed by atoms with van der Waals surface area (Å²) in [7, 11) is 0.908. The molecular formula is C13H26NO3PS. The maximum absolute atomic E-state index is 10.8. The van der Waals surface area contributed by atoms with Gasteiger partial charge in [-0.1, -0.05) is 31.1 Å². The van der Waals surface area contributed by atoms with Crippen LogP contribution in [0, 0.1) is 0 Å². The molecule has 112 valence electrons. The van der Waals surface area contributed by atoms with E-state index in [9.17, 15) is 4.79 Å². The molecule has 0 aromatic carbocycles. The van der Waals surface area contributed by atoms with Crippen molar-refractivity contribution in [2.24, 2.45) is 0 Å². The summed E-state index contributed by atoms with van der Waals surface area (Å²) in [5.74, 6) is 0. The van der Waals surface area contributed by atoms with Crippen molar-refractivity contribution in [3.63, 3.8) is 0 Å². The van der Waals surface area contributed by atoms with Crippen LogP contribution in [0.15, 0.2) is 0 Å². The number of hydrogen-bond donors (Lipinski definition) is 1. The SMILES string of the molecule is CCC(COP(NC(C)C=O)SC1CCCC1)OC. The fourth-order valence-electron chi connectivity index (χ4n) is 1.93.